The Labute approximate surface area is 107 Å². The number of anilines is 1. The van der Waals surface area contributed by atoms with Crippen molar-refractivity contribution < 1.29 is 4.79 Å². The number of nitrogen functional groups attached to an aromatic ring is 1. The maximum absolute atomic E-state index is 11.8. The summed E-state index contributed by atoms with van der Waals surface area (Å²) in [7, 11) is 0. The summed E-state index contributed by atoms with van der Waals surface area (Å²) < 4.78 is 1.46. The van der Waals surface area contributed by atoms with Gasteiger partial charge >= 0.3 is 0 Å². The van der Waals surface area contributed by atoms with E-state index in [9.17, 15) is 4.79 Å². The minimum atomic E-state index is -0.0297. The molecule has 1 amide bonds. The van der Waals surface area contributed by atoms with Crippen LogP contribution in [0.5, 0.6) is 0 Å². The van der Waals surface area contributed by atoms with Crippen LogP contribution in [0.2, 0.25) is 0 Å². The van der Waals surface area contributed by atoms with Crippen LogP contribution in [-0.4, -0.2) is 26.7 Å². The third-order valence-electron chi connectivity index (χ3n) is 3.61. The molecular weight excluding hydrogens is 230 g/mol. The van der Waals surface area contributed by atoms with Crippen LogP contribution in [0.15, 0.2) is 6.33 Å². The topological polar surface area (TPSA) is 85.8 Å². The summed E-state index contributed by atoms with van der Waals surface area (Å²) in [5, 5.41) is 6.93. The van der Waals surface area contributed by atoms with E-state index in [1.165, 1.54) is 43.1 Å². The molecule has 100 valence electrons. The van der Waals surface area contributed by atoms with Crippen LogP contribution in [-0.2, 0) is 11.3 Å². The first-order valence-electron chi connectivity index (χ1n) is 6.59. The molecule has 0 bridgehead atoms. The number of carbonyl (C=O) groups is 1. The lowest BCUT2D eigenvalue weighted by atomic mass is 9.84. The Morgan fingerprint density at radius 3 is 2.89 bits per heavy atom. The van der Waals surface area contributed by atoms with Crippen molar-refractivity contribution in [3.05, 3.63) is 6.33 Å². The second-order valence-electron chi connectivity index (χ2n) is 5.05. The number of nitrogens with one attached hydrogen (secondary N) is 1. The van der Waals surface area contributed by atoms with Crippen molar-refractivity contribution in [2.24, 2.45) is 5.92 Å². The molecule has 0 saturated heterocycles. The zero-order chi connectivity index (χ0) is 13.0. The van der Waals surface area contributed by atoms with Gasteiger partial charge < -0.3 is 11.1 Å². The van der Waals surface area contributed by atoms with Crippen LogP contribution >= 0.6 is 0 Å². The molecule has 2 rings (SSSR count). The van der Waals surface area contributed by atoms with Crippen molar-refractivity contribution in [2.45, 2.75) is 51.6 Å². The van der Waals surface area contributed by atoms with Gasteiger partial charge in [-0.3, -0.25) is 4.79 Å². The van der Waals surface area contributed by atoms with E-state index >= 15 is 0 Å². The molecule has 1 aromatic heterocycles. The van der Waals surface area contributed by atoms with Crippen LogP contribution in [0.1, 0.15) is 39.0 Å². The summed E-state index contributed by atoms with van der Waals surface area (Å²) in [5.41, 5.74) is 5.40. The quantitative estimate of drug-likeness (QED) is 0.834. The SMILES string of the molecule is CC(NC(=O)Cn1cnc(N)n1)C1CCCCC1. The number of aromatic nitrogens is 3. The molecule has 1 saturated carbocycles. The molecule has 0 spiro atoms. The molecule has 1 atom stereocenters. The summed E-state index contributed by atoms with van der Waals surface area (Å²) in [6, 6.07) is 0.235. The molecule has 3 N–H and O–H groups in total. The molecule has 0 aliphatic heterocycles. The first-order chi connectivity index (χ1) is 8.65. The minimum Gasteiger partial charge on any atom is -0.367 e. The molecule has 1 aromatic rings. The molecule has 0 aromatic carbocycles. The van der Waals surface area contributed by atoms with Gasteiger partial charge in [-0.2, -0.15) is 0 Å². The van der Waals surface area contributed by atoms with Crippen LogP contribution in [0.4, 0.5) is 5.95 Å². The summed E-state index contributed by atoms with van der Waals surface area (Å²) in [4.78, 5) is 15.6. The predicted molar refractivity (Wildman–Crippen MR) is 68.6 cm³/mol. The highest BCUT2D eigenvalue weighted by atomic mass is 16.2. The Bertz CT molecular complexity index is 397. The predicted octanol–water partition coefficient (Wildman–Crippen LogP) is 0.945. The van der Waals surface area contributed by atoms with Crippen molar-refractivity contribution in [2.75, 3.05) is 5.73 Å². The first-order valence-corrected chi connectivity index (χ1v) is 6.59. The fourth-order valence-corrected chi connectivity index (χ4v) is 2.58. The van der Waals surface area contributed by atoms with Crippen molar-refractivity contribution in [1.29, 1.82) is 0 Å². The average Bonchev–Trinajstić information content (AvgIpc) is 2.75. The van der Waals surface area contributed by atoms with Gasteiger partial charge in [0, 0.05) is 6.04 Å². The van der Waals surface area contributed by atoms with Crippen molar-refractivity contribution in [3.8, 4) is 0 Å². The second-order valence-corrected chi connectivity index (χ2v) is 5.05. The van der Waals surface area contributed by atoms with Gasteiger partial charge in [0.15, 0.2) is 0 Å². The summed E-state index contributed by atoms with van der Waals surface area (Å²) in [6.45, 7) is 2.27. The van der Waals surface area contributed by atoms with Gasteiger partial charge in [-0.1, -0.05) is 19.3 Å². The van der Waals surface area contributed by atoms with E-state index < -0.39 is 0 Å². The Balaban J connectivity index is 1.79. The zero-order valence-electron chi connectivity index (χ0n) is 10.8. The first kappa shape index (κ1) is 12.9. The van der Waals surface area contributed by atoms with E-state index in [4.69, 9.17) is 5.73 Å². The number of hydrogen-bond acceptors (Lipinski definition) is 4. The Kier molecular flexibility index (Phi) is 4.17. The van der Waals surface area contributed by atoms with Crippen molar-refractivity contribution in [3.63, 3.8) is 0 Å². The fraction of sp³-hybridized carbons (Fsp3) is 0.750. The highest BCUT2D eigenvalue weighted by Gasteiger charge is 2.21. The summed E-state index contributed by atoms with van der Waals surface area (Å²) >= 11 is 0. The fourth-order valence-electron chi connectivity index (χ4n) is 2.58. The Morgan fingerprint density at radius 2 is 2.28 bits per heavy atom. The number of nitrogens with zero attached hydrogens (tertiary/aromatic N) is 3. The van der Waals surface area contributed by atoms with Gasteiger partial charge in [-0.25, -0.2) is 9.67 Å². The van der Waals surface area contributed by atoms with Gasteiger partial charge in [0.25, 0.3) is 0 Å². The van der Waals surface area contributed by atoms with Crippen LogP contribution in [0.3, 0.4) is 0 Å². The van der Waals surface area contributed by atoms with E-state index in [0.717, 1.165) is 0 Å². The van der Waals surface area contributed by atoms with E-state index in [1.807, 2.05) is 0 Å². The number of carbonyl (C=O) groups excluding carboxylic acids is 1. The van der Waals surface area contributed by atoms with E-state index in [0.29, 0.717) is 5.92 Å². The lowest BCUT2D eigenvalue weighted by molar-refractivity contribution is -0.122. The molecule has 1 aliphatic rings. The molecule has 1 aliphatic carbocycles. The van der Waals surface area contributed by atoms with E-state index in [-0.39, 0.29) is 24.4 Å². The maximum Gasteiger partial charge on any atom is 0.242 e. The lowest BCUT2D eigenvalue weighted by Crippen LogP contribution is -2.40. The van der Waals surface area contributed by atoms with Gasteiger partial charge in [0.1, 0.15) is 12.9 Å². The maximum atomic E-state index is 11.8. The highest BCUT2D eigenvalue weighted by Crippen LogP contribution is 2.26. The molecule has 6 heteroatoms. The molecular formula is C12H21N5O. The van der Waals surface area contributed by atoms with Crippen molar-refractivity contribution in [1.82, 2.24) is 20.1 Å². The number of hydrogen-bond donors (Lipinski definition) is 2. The number of nitrogens with two attached hydrogens (primary N) is 1. The van der Waals surface area contributed by atoms with Crippen molar-refractivity contribution >= 4 is 11.9 Å². The van der Waals surface area contributed by atoms with E-state index in [2.05, 4.69) is 22.3 Å². The van der Waals surface area contributed by atoms with Crippen LogP contribution < -0.4 is 11.1 Å². The standard InChI is InChI=1S/C12H21N5O/c1-9(10-5-3-2-4-6-10)15-11(18)7-17-8-14-12(13)16-17/h8-10H,2-7H2,1H3,(H2,13,16)(H,15,18). The molecule has 6 nitrogen and oxygen atoms in total. The third-order valence-corrected chi connectivity index (χ3v) is 3.61. The largest absolute Gasteiger partial charge is 0.367 e. The van der Waals surface area contributed by atoms with Crippen LogP contribution in [0.25, 0.3) is 0 Å². The molecule has 0 radical (unpaired) electrons. The smallest absolute Gasteiger partial charge is 0.242 e. The highest BCUT2D eigenvalue weighted by molar-refractivity contribution is 5.75. The normalized spacial score (nSPS) is 18.5. The number of amides is 1. The van der Waals surface area contributed by atoms with Crippen LogP contribution in [0, 0.1) is 5.92 Å². The third kappa shape index (κ3) is 3.45. The average molecular weight is 251 g/mol. The molecule has 1 heterocycles. The Hall–Kier alpha value is -1.59. The monoisotopic (exact) mass is 251 g/mol. The molecule has 1 unspecified atom stereocenters. The zero-order valence-corrected chi connectivity index (χ0v) is 10.8. The number of rotatable bonds is 4. The second kappa shape index (κ2) is 5.84. The van der Waals surface area contributed by atoms with Gasteiger partial charge in [-0.05, 0) is 25.7 Å². The summed E-state index contributed by atoms with van der Waals surface area (Å²) in [6.07, 6.45) is 7.81. The lowest BCUT2D eigenvalue weighted by Gasteiger charge is -2.28. The molecule has 1 fully saturated rings. The minimum absolute atomic E-state index is 0.0297. The molecule has 18 heavy (non-hydrogen) atoms. The van der Waals surface area contributed by atoms with E-state index in [1.54, 1.807) is 0 Å². The van der Waals surface area contributed by atoms with Gasteiger partial charge in [-0.15, -0.1) is 5.10 Å². The van der Waals surface area contributed by atoms with Gasteiger partial charge in [0.2, 0.25) is 11.9 Å². The Morgan fingerprint density at radius 1 is 1.56 bits per heavy atom. The summed E-state index contributed by atoms with van der Waals surface area (Å²) in [5.74, 6) is 0.782. The van der Waals surface area contributed by atoms with Gasteiger partial charge in [0.05, 0.1) is 0 Å².